The number of amides is 1. The fourth-order valence-corrected chi connectivity index (χ4v) is 1.96. The van der Waals surface area contributed by atoms with Crippen LogP contribution in [-0.2, 0) is 18.4 Å². The highest BCUT2D eigenvalue weighted by atomic mass is 16.2. The van der Waals surface area contributed by atoms with Gasteiger partial charge < -0.3 is 9.88 Å². The molecule has 20 heavy (non-hydrogen) atoms. The van der Waals surface area contributed by atoms with Gasteiger partial charge in [0.2, 0.25) is 5.91 Å². The van der Waals surface area contributed by atoms with Gasteiger partial charge in [0.05, 0.1) is 6.04 Å². The lowest BCUT2D eigenvalue weighted by Crippen LogP contribution is -2.35. The lowest BCUT2D eigenvalue weighted by molar-refractivity contribution is -0.122. The van der Waals surface area contributed by atoms with Crippen LogP contribution in [0.5, 0.6) is 0 Å². The van der Waals surface area contributed by atoms with Crippen molar-refractivity contribution in [1.29, 1.82) is 0 Å². The molecular formula is C13H17N5O2. The summed E-state index contributed by atoms with van der Waals surface area (Å²) in [4.78, 5) is 27.7. The van der Waals surface area contributed by atoms with E-state index >= 15 is 0 Å². The second kappa shape index (κ2) is 6.14. The maximum Gasteiger partial charge on any atom is 0.250 e. The summed E-state index contributed by atoms with van der Waals surface area (Å²) in [5, 5.41) is 6.85. The zero-order chi connectivity index (χ0) is 14.5. The predicted molar refractivity (Wildman–Crippen MR) is 72.9 cm³/mol. The third-order valence-electron chi connectivity index (χ3n) is 3.01. The van der Waals surface area contributed by atoms with Crippen molar-refractivity contribution in [1.82, 2.24) is 24.6 Å². The van der Waals surface area contributed by atoms with Crippen LogP contribution < -0.4 is 10.9 Å². The molecule has 106 valence electrons. The summed E-state index contributed by atoms with van der Waals surface area (Å²) in [7, 11) is 1.78. The molecule has 2 rings (SSSR count). The van der Waals surface area contributed by atoms with Crippen molar-refractivity contribution < 1.29 is 4.79 Å². The molecule has 0 saturated carbocycles. The van der Waals surface area contributed by atoms with E-state index in [1.165, 1.54) is 17.0 Å². The Hall–Kier alpha value is -2.44. The second-order valence-corrected chi connectivity index (χ2v) is 4.44. The molecule has 0 spiro atoms. The van der Waals surface area contributed by atoms with Gasteiger partial charge in [0.25, 0.3) is 5.56 Å². The molecule has 0 saturated heterocycles. The van der Waals surface area contributed by atoms with Gasteiger partial charge in [-0.25, -0.2) is 4.98 Å². The Morgan fingerprint density at radius 3 is 2.85 bits per heavy atom. The minimum atomic E-state index is -0.229. The first-order chi connectivity index (χ1) is 9.61. The van der Waals surface area contributed by atoms with E-state index in [-0.39, 0.29) is 24.1 Å². The first-order valence-electron chi connectivity index (χ1n) is 6.40. The van der Waals surface area contributed by atoms with Gasteiger partial charge in [-0.15, -0.1) is 0 Å². The van der Waals surface area contributed by atoms with Crippen LogP contribution in [-0.4, -0.2) is 25.2 Å². The van der Waals surface area contributed by atoms with Crippen LogP contribution in [0.25, 0.3) is 0 Å². The van der Waals surface area contributed by atoms with Gasteiger partial charge in [0, 0.05) is 19.3 Å². The molecule has 0 radical (unpaired) electrons. The largest absolute Gasteiger partial charge is 0.345 e. The fourth-order valence-electron chi connectivity index (χ4n) is 1.96. The molecule has 7 heteroatoms. The quantitative estimate of drug-likeness (QED) is 0.847. The molecule has 1 atom stereocenters. The Labute approximate surface area is 116 Å². The first-order valence-corrected chi connectivity index (χ1v) is 6.40. The number of aromatic nitrogens is 4. The van der Waals surface area contributed by atoms with Crippen molar-refractivity contribution in [2.45, 2.75) is 25.9 Å². The highest BCUT2D eigenvalue weighted by Gasteiger charge is 2.17. The van der Waals surface area contributed by atoms with E-state index in [2.05, 4.69) is 15.4 Å². The van der Waals surface area contributed by atoms with E-state index < -0.39 is 0 Å². The Morgan fingerprint density at radius 1 is 1.45 bits per heavy atom. The molecule has 0 fully saturated rings. The van der Waals surface area contributed by atoms with Crippen molar-refractivity contribution >= 4 is 5.91 Å². The lowest BCUT2D eigenvalue weighted by atomic mass is 10.2. The van der Waals surface area contributed by atoms with Crippen molar-refractivity contribution in [3.63, 3.8) is 0 Å². The van der Waals surface area contributed by atoms with E-state index in [1.807, 2.05) is 6.92 Å². The van der Waals surface area contributed by atoms with Crippen LogP contribution >= 0.6 is 0 Å². The minimum Gasteiger partial charge on any atom is -0.345 e. The molecule has 0 aliphatic carbocycles. The number of nitrogens with one attached hydrogen (secondary N) is 1. The average molecular weight is 275 g/mol. The number of hydrogen-bond acceptors (Lipinski definition) is 4. The zero-order valence-electron chi connectivity index (χ0n) is 11.5. The molecule has 2 heterocycles. The van der Waals surface area contributed by atoms with Gasteiger partial charge in [-0.3, -0.25) is 14.3 Å². The molecule has 0 aliphatic rings. The van der Waals surface area contributed by atoms with Crippen molar-refractivity contribution in [3.05, 3.63) is 46.9 Å². The number of rotatable bonds is 5. The minimum absolute atomic E-state index is 0.00593. The zero-order valence-corrected chi connectivity index (χ0v) is 11.5. The Bertz CT molecular complexity index is 646. The topological polar surface area (TPSA) is 81.8 Å². The number of carbonyl (C=O) groups excluding carboxylic acids is 1. The summed E-state index contributed by atoms with van der Waals surface area (Å²) in [5.41, 5.74) is -0.200. The molecule has 0 aromatic carbocycles. The highest BCUT2D eigenvalue weighted by molar-refractivity contribution is 5.76. The Kier molecular flexibility index (Phi) is 4.29. The van der Waals surface area contributed by atoms with Crippen molar-refractivity contribution in [2.24, 2.45) is 7.05 Å². The number of aryl methyl sites for hydroxylation is 1. The van der Waals surface area contributed by atoms with Crippen molar-refractivity contribution in [3.8, 4) is 0 Å². The maximum absolute atomic E-state index is 12.0. The van der Waals surface area contributed by atoms with Crippen LogP contribution in [0.3, 0.4) is 0 Å². The molecule has 0 unspecified atom stereocenters. The molecule has 7 nitrogen and oxygen atoms in total. The molecule has 2 aromatic heterocycles. The number of pyridine rings is 1. The smallest absolute Gasteiger partial charge is 0.250 e. The number of carbonyl (C=O) groups is 1. The van der Waals surface area contributed by atoms with Gasteiger partial charge in [0.15, 0.2) is 0 Å². The summed E-state index contributed by atoms with van der Waals surface area (Å²) in [6.07, 6.45) is 3.74. The van der Waals surface area contributed by atoms with Gasteiger partial charge in [-0.05, 0) is 12.5 Å². The lowest BCUT2D eigenvalue weighted by Gasteiger charge is -2.16. The summed E-state index contributed by atoms with van der Waals surface area (Å²) < 4.78 is 2.99. The van der Waals surface area contributed by atoms with Gasteiger partial charge >= 0.3 is 0 Å². The second-order valence-electron chi connectivity index (χ2n) is 4.44. The van der Waals surface area contributed by atoms with Gasteiger partial charge in [0.1, 0.15) is 18.7 Å². The Morgan fingerprint density at radius 2 is 2.25 bits per heavy atom. The third kappa shape index (κ3) is 3.11. The molecule has 2 aromatic rings. The van der Waals surface area contributed by atoms with E-state index in [1.54, 1.807) is 30.1 Å². The van der Waals surface area contributed by atoms with Crippen molar-refractivity contribution in [2.75, 3.05) is 0 Å². The summed E-state index contributed by atoms with van der Waals surface area (Å²) in [5.74, 6) is 0.467. The molecule has 0 bridgehead atoms. The first kappa shape index (κ1) is 14.0. The molecular weight excluding hydrogens is 258 g/mol. The van der Waals surface area contributed by atoms with Crippen LogP contribution in [0, 0.1) is 0 Å². The van der Waals surface area contributed by atoms with E-state index in [0.717, 1.165) is 0 Å². The van der Waals surface area contributed by atoms with Crippen LogP contribution in [0.1, 0.15) is 25.2 Å². The van der Waals surface area contributed by atoms with E-state index in [4.69, 9.17) is 0 Å². The number of hydrogen-bond donors (Lipinski definition) is 1. The third-order valence-corrected chi connectivity index (χ3v) is 3.01. The van der Waals surface area contributed by atoms with Crippen LogP contribution in [0.4, 0.5) is 0 Å². The monoisotopic (exact) mass is 275 g/mol. The molecule has 1 amide bonds. The van der Waals surface area contributed by atoms with Gasteiger partial charge in [-0.1, -0.05) is 13.0 Å². The highest BCUT2D eigenvalue weighted by Crippen LogP contribution is 2.12. The van der Waals surface area contributed by atoms with E-state index in [0.29, 0.717) is 12.2 Å². The maximum atomic E-state index is 12.0. The molecule has 0 aliphatic heterocycles. The van der Waals surface area contributed by atoms with Crippen LogP contribution in [0.2, 0.25) is 0 Å². The number of nitrogens with zero attached hydrogens (tertiary/aromatic N) is 4. The SMILES string of the molecule is CC[C@H](NC(=O)Cn1ccccc1=O)c1ncnn1C. The standard InChI is InChI=1S/C13H17N5O2/c1-3-10(13-14-9-15-17(13)2)16-11(19)8-18-7-5-4-6-12(18)20/h4-7,9-10H,3,8H2,1-2H3,(H,16,19)/t10-/m0/s1. The molecule has 1 N–H and O–H groups in total. The van der Waals surface area contributed by atoms with E-state index in [9.17, 15) is 9.59 Å². The normalized spacial score (nSPS) is 12.1. The Balaban J connectivity index is 2.06. The summed E-state index contributed by atoms with van der Waals surface area (Å²) >= 11 is 0. The average Bonchev–Trinajstić information content (AvgIpc) is 2.85. The fraction of sp³-hybridized carbons (Fsp3) is 0.385. The van der Waals surface area contributed by atoms with Crippen LogP contribution in [0.15, 0.2) is 35.5 Å². The van der Waals surface area contributed by atoms with Gasteiger partial charge in [-0.2, -0.15) is 5.10 Å². The predicted octanol–water partition coefficient (Wildman–Crippen LogP) is 0.244. The summed E-state index contributed by atoms with van der Waals surface area (Å²) in [6.45, 7) is 1.95. The summed E-state index contributed by atoms with van der Waals surface area (Å²) in [6, 6.07) is 4.57.